The zero-order valence-corrected chi connectivity index (χ0v) is 15.4. The van der Waals surface area contributed by atoms with Gasteiger partial charge >= 0.3 is 0 Å². The van der Waals surface area contributed by atoms with Crippen LogP contribution in [-0.2, 0) is 5.41 Å². The van der Waals surface area contributed by atoms with Gasteiger partial charge < -0.3 is 19.4 Å². The predicted octanol–water partition coefficient (Wildman–Crippen LogP) is 4.74. The number of nitrogens with one attached hydrogen (secondary N) is 2. The first-order chi connectivity index (χ1) is 13.3. The molecule has 0 aliphatic rings. The minimum atomic E-state index is -0.508. The molecule has 0 spiro atoms. The van der Waals surface area contributed by atoms with Gasteiger partial charge in [-0.2, -0.15) is 0 Å². The molecule has 4 aromatic rings. The number of H-pyrrole nitrogens is 2. The van der Waals surface area contributed by atoms with Crippen LogP contribution < -0.4 is 9.47 Å². The third kappa shape index (κ3) is 2.79. The van der Waals surface area contributed by atoms with Gasteiger partial charge in [0.2, 0.25) is 0 Å². The van der Waals surface area contributed by atoms with Crippen LogP contribution in [-0.4, -0.2) is 24.2 Å². The number of aromatic amines is 2. The molecular weight excluding hydrogens is 336 g/mol. The summed E-state index contributed by atoms with van der Waals surface area (Å²) in [6, 6.07) is 24.8. The van der Waals surface area contributed by atoms with Gasteiger partial charge in [-0.1, -0.05) is 24.3 Å². The van der Waals surface area contributed by atoms with Crippen molar-refractivity contribution in [2.24, 2.45) is 0 Å². The molecule has 0 saturated carbocycles. The van der Waals surface area contributed by atoms with Crippen molar-refractivity contribution in [1.82, 2.24) is 9.97 Å². The molecule has 2 N–H and O–H groups in total. The Kier molecular flexibility index (Phi) is 4.47. The van der Waals surface area contributed by atoms with Crippen LogP contribution in [0.3, 0.4) is 0 Å². The minimum absolute atomic E-state index is 0.508. The highest BCUT2D eigenvalue weighted by molar-refractivity contribution is 5.57. The Bertz CT molecular complexity index is 886. The van der Waals surface area contributed by atoms with E-state index in [4.69, 9.17) is 9.47 Å². The molecule has 4 rings (SSSR count). The van der Waals surface area contributed by atoms with E-state index in [1.54, 1.807) is 14.2 Å². The fourth-order valence-electron chi connectivity index (χ4n) is 3.74. The zero-order valence-electron chi connectivity index (χ0n) is 15.4. The molecule has 0 unspecified atom stereocenters. The van der Waals surface area contributed by atoms with Gasteiger partial charge in [-0.05, 0) is 59.7 Å². The molecule has 0 radical (unpaired) electrons. The van der Waals surface area contributed by atoms with Crippen molar-refractivity contribution in [2.75, 3.05) is 14.2 Å². The second-order valence-electron chi connectivity index (χ2n) is 6.37. The highest BCUT2D eigenvalue weighted by Crippen LogP contribution is 2.44. The highest BCUT2D eigenvalue weighted by atomic mass is 16.5. The van der Waals surface area contributed by atoms with E-state index < -0.39 is 5.41 Å². The average molecular weight is 358 g/mol. The Morgan fingerprint density at radius 3 is 1.30 bits per heavy atom. The summed E-state index contributed by atoms with van der Waals surface area (Å²) in [5.41, 5.74) is 3.93. The van der Waals surface area contributed by atoms with Crippen molar-refractivity contribution < 1.29 is 9.47 Å². The number of ether oxygens (including phenoxy) is 2. The fraction of sp³-hybridized carbons (Fsp3) is 0.130. The van der Waals surface area contributed by atoms with Crippen molar-refractivity contribution >= 4 is 0 Å². The Morgan fingerprint density at radius 1 is 0.593 bits per heavy atom. The summed E-state index contributed by atoms with van der Waals surface area (Å²) in [5.74, 6) is 1.67. The molecule has 4 heteroatoms. The van der Waals surface area contributed by atoms with Gasteiger partial charge in [-0.3, -0.25) is 0 Å². The maximum Gasteiger partial charge on any atom is 0.118 e. The van der Waals surface area contributed by atoms with Gasteiger partial charge in [0, 0.05) is 23.8 Å². The molecule has 4 nitrogen and oxygen atoms in total. The van der Waals surface area contributed by atoms with E-state index in [2.05, 4.69) is 46.4 Å². The SMILES string of the molecule is COc1ccc(C(c2ccc(OC)cc2)(c2ccc[nH]2)c2ccc[nH]2)cc1. The van der Waals surface area contributed by atoms with Crippen LogP contribution in [0.1, 0.15) is 22.5 Å². The monoisotopic (exact) mass is 358 g/mol. The molecule has 2 aromatic carbocycles. The Morgan fingerprint density at radius 2 is 1.00 bits per heavy atom. The highest BCUT2D eigenvalue weighted by Gasteiger charge is 2.40. The first-order valence-electron chi connectivity index (χ1n) is 8.86. The number of rotatable bonds is 6. The van der Waals surface area contributed by atoms with Crippen LogP contribution in [0.5, 0.6) is 11.5 Å². The van der Waals surface area contributed by atoms with Crippen molar-refractivity contribution in [3.8, 4) is 11.5 Å². The second kappa shape index (κ2) is 7.08. The van der Waals surface area contributed by atoms with E-state index >= 15 is 0 Å². The maximum atomic E-state index is 5.37. The number of hydrogen-bond acceptors (Lipinski definition) is 2. The van der Waals surface area contributed by atoms with Crippen LogP contribution in [0.25, 0.3) is 0 Å². The van der Waals surface area contributed by atoms with Gasteiger partial charge in [-0.15, -0.1) is 0 Å². The molecule has 136 valence electrons. The van der Waals surface area contributed by atoms with Gasteiger partial charge in [0.05, 0.1) is 14.2 Å². The smallest absolute Gasteiger partial charge is 0.118 e. The van der Waals surface area contributed by atoms with E-state index in [1.165, 1.54) is 0 Å². The second-order valence-corrected chi connectivity index (χ2v) is 6.37. The Balaban J connectivity index is 2.02. The number of aromatic nitrogens is 2. The fourth-order valence-corrected chi connectivity index (χ4v) is 3.74. The summed E-state index contributed by atoms with van der Waals surface area (Å²) < 4.78 is 10.7. The van der Waals surface area contributed by atoms with Crippen LogP contribution >= 0.6 is 0 Å². The molecule has 0 aliphatic heterocycles. The van der Waals surface area contributed by atoms with Crippen molar-refractivity contribution in [2.45, 2.75) is 5.41 Å². The maximum absolute atomic E-state index is 5.37. The van der Waals surface area contributed by atoms with Crippen molar-refractivity contribution in [1.29, 1.82) is 0 Å². The molecule has 0 fully saturated rings. The molecule has 0 atom stereocenters. The predicted molar refractivity (Wildman–Crippen MR) is 107 cm³/mol. The molecule has 0 saturated heterocycles. The molecule has 2 aromatic heterocycles. The summed E-state index contributed by atoms with van der Waals surface area (Å²) in [5, 5.41) is 0. The van der Waals surface area contributed by atoms with Gasteiger partial charge in [0.15, 0.2) is 0 Å². The molecule has 0 aliphatic carbocycles. The lowest BCUT2D eigenvalue weighted by Gasteiger charge is -2.34. The standard InChI is InChI=1S/C23H22N2O2/c1-26-19-11-7-17(8-12-19)23(21-5-3-15-24-21,22-6-4-16-25-22)18-9-13-20(27-2)14-10-18/h3-16,24-25H,1-2H3. The number of hydrogen-bond donors (Lipinski definition) is 2. The molecule has 2 heterocycles. The van der Waals surface area contributed by atoms with Crippen LogP contribution in [0, 0.1) is 0 Å². The van der Waals surface area contributed by atoms with Crippen molar-refractivity contribution in [3.05, 3.63) is 108 Å². The lowest BCUT2D eigenvalue weighted by molar-refractivity contribution is 0.414. The molecular formula is C23H22N2O2. The topological polar surface area (TPSA) is 50.0 Å². The zero-order chi connectivity index (χ0) is 18.7. The van der Waals surface area contributed by atoms with E-state index in [0.717, 1.165) is 34.0 Å². The van der Waals surface area contributed by atoms with E-state index in [1.807, 2.05) is 48.8 Å². The van der Waals surface area contributed by atoms with E-state index in [0.29, 0.717) is 0 Å². The summed E-state index contributed by atoms with van der Waals surface area (Å²) >= 11 is 0. The number of methoxy groups -OCH3 is 2. The van der Waals surface area contributed by atoms with Crippen LogP contribution in [0.15, 0.2) is 85.2 Å². The Labute approximate surface area is 158 Å². The summed E-state index contributed by atoms with van der Waals surface area (Å²) in [6.45, 7) is 0. The van der Waals surface area contributed by atoms with E-state index in [9.17, 15) is 0 Å². The average Bonchev–Trinajstić information content (AvgIpc) is 3.45. The first-order valence-corrected chi connectivity index (χ1v) is 8.86. The third-order valence-electron chi connectivity index (χ3n) is 5.05. The van der Waals surface area contributed by atoms with Crippen LogP contribution in [0.4, 0.5) is 0 Å². The first kappa shape index (κ1) is 17.0. The third-order valence-corrected chi connectivity index (χ3v) is 5.05. The largest absolute Gasteiger partial charge is 0.497 e. The molecule has 27 heavy (non-hydrogen) atoms. The summed E-state index contributed by atoms with van der Waals surface area (Å²) in [7, 11) is 3.36. The van der Waals surface area contributed by atoms with Crippen molar-refractivity contribution in [3.63, 3.8) is 0 Å². The van der Waals surface area contributed by atoms with E-state index in [-0.39, 0.29) is 0 Å². The lowest BCUT2D eigenvalue weighted by atomic mass is 9.69. The normalized spacial score (nSPS) is 11.3. The number of benzene rings is 2. The minimum Gasteiger partial charge on any atom is -0.497 e. The van der Waals surface area contributed by atoms with Gasteiger partial charge in [0.1, 0.15) is 16.9 Å². The van der Waals surface area contributed by atoms with Gasteiger partial charge in [-0.25, -0.2) is 0 Å². The summed E-state index contributed by atoms with van der Waals surface area (Å²) in [4.78, 5) is 6.88. The summed E-state index contributed by atoms with van der Waals surface area (Å²) in [6.07, 6.45) is 3.92. The quantitative estimate of drug-likeness (QED) is 0.523. The van der Waals surface area contributed by atoms with Gasteiger partial charge in [0.25, 0.3) is 0 Å². The van der Waals surface area contributed by atoms with Crippen LogP contribution in [0.2, 0.25) is 0 Å². The lowest BCUT2D eigenvalue weighted by Crippen LogP contribution is -2.31. The Hall–Kier alpha value is -3.40. The molecule has 0 bridgehead atoms. The molecule has 0 amide bonds.